The molecule has 6 heteroatoms. The van der Waals surface area contributed by atoms with Gasteiger partial charge in [-0.2, -0.15) is 10.4 Å². The first kappa shape index (κ1) is 16.0. The third-order valence-electron chi connectivity index (χ3n) is 4.10. The second-order valence-corrected chi connectivity index (χ2v) is 6.08. The van der Waals surface area contributed by atoms with Crippen molar-refractivity contribution in [3.05, 3.63) is 76.9 Å². The standard InChI is InChI=1S/C20H11ClN4O/c21-17-9-15(5-6-16(17)12-26)18-7-8-20-23-11-19(25(20)24-18)14-3-1-13(10-22)2-4-14/h1-9,11-12H. The number of imidazole rings is 1. The summed E-state index contributed by atoms with van der Waals surface area (Å²) in [5.74, 6) is 0. The lowest BCUT2D eigenvalue weighted by molar-refractivity contribution is 0.112. The Labute approximate surface area is 154 Å². The van der Waals surface area contributed by atoms with Crippen molar-refractivity contribution in [3.63, 3.8) is 0 Å². The van der Waals surface area contributed by atoms with Gasteiger partial charge >= 0.3 is 0 Å². The monoisotopic (exact) mass is 358 g/mol. The summed E-state index contributed by atoms with van der Waals surface area (Å²) in [6.45, 7) is 0. The SMILES string of the molecule is N#Cc1ccc(-c2cnc3ccc(-c4ccc(C=O)c(Cl)c4)nn23)cc1. The summed E-state index contributed by atoms with van der Waals surface area (Å²) in [7, 11) is 0. The molecule has 0 saturated carbocycles. The predicted octanol–water partition coefficient (Wildman–Crippen LogP) is 4.40. The molecule has 0 saturated heterocycles. The molecule has 0 N–H and O–H groups in total. The normalized spacial score (nSPS) is 10.6. The Hall–Kier alpha value is -3.49. The topological polar surface area (TPSA) is 71.0 Å². The van der Waals surface area contributed by atoms with E-state index in [1.165, 1.54) is 0 Å². The fourth-order valence-electron chi connectivity index (χ4n) is 2.72. The summed E-state index contributed by atoms with van der Waals surface area (Å²) < 4.78 is 1.75. The molecule has 26 heavy (non-hydrogen) atoms. The smallest absolute Gasteiger partial charge is 0.154 e. The van der Waals surface area contributed by atoms with E-state index in [0.29, 0.717) is 27.5 Å². The zero-order chi connectivity index (χ0) is 18.1. The summed E-state index contributed by atoms with van der Waals surface area (Å²) in [6, 6.07) is 18.3. The van der Waals surface area contributed by atoms with E-state index in [0.717, 1.165) is 23.1 Å². The molecule has 2 aromatic carbocycles. The molecule has 5 nitrogen and oxygen atoms in total. The molecule has 0 unspecified atom stereocenters. The molecule has 0 fully saturated rings. The molecular formula is C20H11ClN4O. The molecule has 2 heterocycles. The van der Waals surface area contributed by atoms with Crippen LogP contribution < -0.4 is 0 Å². The van der Waals surface area contributed by atoms with Crippen LogP contribution in [0, 0.1) is 11.3 Å². The lowest BCUT2D eigenvalue weighted by atomic mass is 10.1. The van der Waals surface area contributed by atoms with Crippen LogP contribution in [0.1, 0.15) is 15.9 Å². The number of rotatable bonds is 3. The summed E-state index contributed by atoms with van der Waals surface area (Å²) in [5, 5.41) is 14.0. The number of hydrogen-bond donors (Lipinski definition) is 0. The molecule has 4 rings (SSSR count). The van der Waals surface area contributed by atoms with Crippen molar-refractivity contribution in [3.8, 4) is 28.6 Å². The van der Waals surface area contributed by atoms with E-state index in [1.54, 1.807) is 35.0 Å². The van der Waals surface area contributed by atoms with Gasteiger partial charge in [-0.15, -0.1) is 0 Å². The van der Waals surface area contributed by atoms with Gasteiger partial charge in [-0.05, 0) is 36.4 Å². The lowest BCUT2D eigenvalue weighted by Crippen LogP contribution is -1.97. The van der Waals surface area contributed by atoms with Crippen molar-refractivity contribution >= 4 is 23.5 Å². The zero-order valence-electron chi connectivity index (χ0n) is 13.4. The highest BCUT2D eigenvalue weighted by Crippen LogP contribution is 2.26. The molecule has 0 aliphatic heterocycles. The first-order valence-electron chi connectivity index (χ1n) is 7.80. The number of aromatic nitrogens is 3. The van der Waals surface area contributed by atoms with Gasteiger partial charge < -0.3 is 0 Å². The second-order valence-electron chi connectivity index (χ2n) is 5.68. The first-order chi connectivity index (χ1) is 12.7. The van der Waals surface area contributed by atoms with E-state index in [2.05, 4.69) is 16.2 Å². The molecule has 124 valence electrons. The van der Waals surface area contributed by atoms with Crippen LogP contribution in [-0.2, 0) is 0 Å². The van der Waals surface area contributed by atoms with Gasteiger partial charge in [0.25, 0.3) is 0 Å². The summed E-state index contributed by atoms with van der Waals surface area (Å²) >= 11 is 6.13. The van der Waals surface area contributed by atoms with Crippen LogP contribution in [0.3, 0.4) is 0 Å². The Morgan fingerprint density at radius 1 is 1.04 bits per heavy atom. The summed E-state index contributed by atoms with van der Waals surface area (Å²) in [6.07, 6.45) is 2.47. The van der Waals surface area contributed by atoms with Crippen LogP contribution in [0.25, 0.3) is 28.2 Å². The Morgan fingerprint density at radius 3 is 2.50 bits per heavy atom. The molecule has 0 bridgehead atoms. The average Bonchev–Trinajstić information content (AvgIpc) is 3.11. The highest BCUT2D eigenvalue weighted by molar-refractivity contribution is 6.33. The predicted molar refractivity (Wildman–Crippen MR) is 99.0 cm³/mol. The zero-order valence-corrected chi connectivity index (χ0v) is 14.2. The lowest BCUT2D eigenvalue weighted by Gasteiger charge is -2.06. The van der Waals surface area contributed by atoms with Crippen molar-refractivity contribution in [2.45, 2.75) is 0 Å². The number of aldehydes is 1. The number of hydrogen-bond acceptors (Lipinski definition) is 4. The maximum absolute atomic E-state index is 10.9. The molecule has 2 aromatic heterocycles. The Bertz CT molecular complexity index is 1170. The van der Waals surface area contributed by atoms with E-state index >= 15 is 0 Å². The van der Waals surface area contributed by atoms with Crippen molar-refractivity contribution in [2.24, 2.45) is 0 Å². The number of fused-ring (bicyclic) bond motifs is 1. The van der Waals surface area contributed by atoms with Crippen molar-refractivity contribution in [1.29, 1.82) is 5.26 Å². The Kier molecular flexibility index (Phi) is 3.96. The molecular weight excluding hydrogens is 348 g/mol. The fourth-order valence-corrected chi connectivity index (χ4v) is 2.95. The van der Waals surface area contributed by atoms with E-state index in [4.69, 9.17) is 16.9 Å². The van der Waals surface area contributed by atoms with Gasteiger partial charge in [0.05, 0.1) is 34.2 Å². The van der Waals surface area contributed by atoms with Gasteiger partial charge in [-0.3, -0.25) is 4.79 Å². The minimum absolute atomic E-state index is 0.386. The third-order valence-corrected chi connectivity index (χ3v) is 4.42. The van der Waals surface area contributed by atoms with Crippen molar-refractivity contribution in [1.82, 2.24) is 14.6 Å². The molecule has 0 aliphatic rings. The van der Waals surface area contributed by atoms with Crippen LogP contribution in [0.5, 0.6) is 0 Å². The van der Waals surface area contributed by atoms with Crippen LogP contribution >= 0.6 is 11.6 Å². The van der Waals surface area contributed by atoms with Crippen LogP contribution in [0.15, 0.2) is 60.8 Å². The quantitative estimate of drug-likeness (QED) is 0.509. The number of carbonyl (C=O) groups excluding carboxylic acids is 1. The van der Waals surface area contributed by atoms with Gasteiger partial charge in [0.15, 0.2) is 11.9 Å². The number of carbonyl (C=O) groups is 1. The van der Waals surface area contributed by atoms with E-state index in [1.807, 2.05) is 30.3 Å². The second kappa shape index (κ2) is 6.43. The number of benzene rings is 2. The maximum Gasteiger partial charge on any atom is 0.154 e. The first-order valence-corrected chi connectivity index (χ1v) is 8.18. The van der Waals surface area contributed by atoms with Crippen molar-refractivity contribution in [2.75, 3.05) is 0 Å². The van der Waals surface area contributed by atoms with Crippen molar-refractivity contribution < 1.29 is 4.79 Å². The number of nitriles is 1. The highest BCUT2D eigenvalue weighted by Gasteiger charge is 2.10. The van der Waals surface area contributed by atoms with Gasteiger partial charge in [-0.25, -0.2) is 9.50 Å². The minimum atomic E-state index is 0.386. The highest BCUT2D eigenvalue weighted by atomic mass is 35.5. The molecule has 0 atom stereocenters. The van der Waals surface area contributed by atoms with E-state index in [9.17, 15) is 4.79 Å². The number of nitrogens with zero attached hydrogens (tertiary/aromatic N) is 4. The molecule has 0 spiro atoms. The van der Waals surface area contributed by atoms with Gasteiger partial charge in [0.1, 0.15) is 0 Å². The Balaban J connectivity index is 1.83. The largest absolute Gasteiger partial charge is 0.298 e. The van der Waals surface area contributed by atoms with Crippen LogP contribution in [0.4, 0.5) is 0 Å². The molecule has 0 amide bonds. The van der Waals surface area contributed by atoms with Gasteiger partial charge in [0, 0.05) is 16.7 Å². The van der Waals surface area contributed by atoms with Crippen LogP contribution in [0.2, 0.25) is 5.02 Å². The van der Waals surface area contributed by atoms with Crippen LogP contribution in [-0.4, -0.2) is 20.9 Å². The van der Waals surface area contributed by atoms with Gasteiger partial charge in [0.2, 0.25) is 0 Å². The minimum Gasteiger partial charge on any atom is -0.298 e. The molecule has 0 aliphatic carbocycles. The molecule has 0 radical (unpaired) electrons. The Morgan fingerprint density at radius 2 is 1.81 bits per heavy atom. The summed E-state index contributed by atoms with van der Waals surface area (Å²) in [5.41, 5.74) is 5.01. The van der Waals surface area contributed by atoms with E-state index in [-0.39, 0.29) is 0 Å². The van der Waals surface area contributed by atoms with Gasteiger partial charge in [-0.1, -0.05) is 29.8 Å². The maximum atomic E-state index is 10.9. The summed E-state index contributed by atoms with van der Waals surface area (Å²) in [4.78, 5) is 15.3. The fraction of sp³-hybridized carbons (Fsp3) is 0. The number of halogens is 1. The third kappa shape index (κ3) is 2.73. The van der Waals surface area contributed by atoms with E-state index < -0.39 is 0 Å². The molecule has 4 aromatic rings. The average molecular weight is 359 g/mol.